The Labute approximate surface area is 111 Å². The van der Waals surface area contributed by atoms with E-state index in [2.05, 4.69) is 15.6 Å². The topological polar surface area (TPSA) is 101 Å². The average molecular weight is 267 g/mol. The Morgan fingerprint density at radius 3 is 2.79 bits per heavy atom. The first-order chi connectivity index (χ1) is 9.02. The summed E-state index contributed by atoms with van der Waals surface area (Å²) in [6.45, 7) is 2.59. The highest BCUT2D eigenvalue weighted by Crippen LogP contribution is 2.09. The molecule has 0 saturated heterocycles. The van der Waals surface area contributed by atoms with E-state index >= 15 is 0 Å². The van der Waals surface area contributed by atoms with Gasteiger partial charge in [-0.05, 0) is 19.1 Å². The van der Waals surface area contributed by atoms with Crippen molar-refractivity contribution in [3.05, 3.63) is 23.4 Å². The molecular formula is C12H17N3O4. The highest BCUT2D eigenvalue weighted by Gasteiger charge is 2.07. The van der Waals surface area contributed by atoms with E-state index in [4.69, 9.17) is 9.84 Å². The minimum absolute atomic E-state index is 0.0270. The molecule has 1 aromatic rings. The molecule has 0 aliphatic rings. The molecule has 7 nitrogen and oxygen atoms in total. The maximum absolute atomic E-state index is 11.4. The fourth-order valence-corrected chi connectivity index (χ4v) is 1.41. The third kappa shape index (κ3) is 5.35. The second-order valence-corrected chi connectivity index (χ2v) is 3.88. The smallest absolute Gasteiger partial charge is 0.335 e. The molecule has 1 heterocycles. The van der Waals surface area contributed by atoms with Crippen LogP contribution in [-0.4, -0.2) is 48.8 Å². The van der Waals surface area contributed by atoms with Gasteiger partial charge in [0.2, 0.25) is 5.91 Å². The number of nitrogens with zero attached hydrogens (tertiary/aromatic N) is 1. The number of aromatic carboxylic acids is 1. The zero-order valence-electron chi connectivity index (χ0n) is 10.9. The van der Waals surface area contributed by atoms with Crippen LogP contribution in [-0.2, 0) is 9.53 Å². The maximum Gasteiger partial charge on any atom is 0.335 e. The van der Waals surface area contributed by atoms with Gasteiger partial charge < -0.3 is 20.5 Å². The molecular weight excluding hydrogens is 250 g/mol. The van der Waals surface area contributed by atoms with Crippen LogP contribution in [0.3, 0.4) is 0 Å². The van der Waals surface area contributed by atoms with E-state index in [-0.39, 0.29) is 18.0 Å². The standard InChI is InChI=1S/C12H17N3O4/c1-8-5-9(12(17)18)6-10(15-8)14-7-11(16)13-3-4-19-2/h5-6H,3-4,7H2,1-2H3,(H,13,16)(H,14,15)(H,17,18). The Morgan fingerprint density at radius 2 is 2.16 bits per heavy atom. The molecule has 0 saturated carbocycles. The first-order valence-corrected chi connectivity index (χ1v) is 5.74. The molecule has 1 amide bonds. The van der Waals surface area contributed by atoms with Crippen molar-refractivity contribution >= 4 is 17.7 Å². The number of amides is 1. The number of hydrogen-bond donors (Lipinski definition) is 3. The van der Waals surface area contributed by atoms with Crippen molar-refractivity contribution < 1.29 is 19.4 Å². The van der Waals surface area contributed by atoms with Crippen LogP contribution in [0.15, 0.2) is 12.1 Å². The molecule has 7 heteroatoms. The number of nitrogens with one attached hydrogen (secondary N) is 2. The third-order valence-corrected chi connectivity index (χ3v) is 2.26. The maximum atomic E-state index is 11.4. The van der Waals surface area contributed by atoms with E-state index in [0.29, 0.717) is 24.7 Å². The molecule has 0 fully saturated rings. The van der Waals surface area contributed by atoms with Gasteiger partial charge in [0, 0.05) is 19.3 Å². The number of carboxylic acid groups (broad SMARTS) is 1. The molecule has 1 rings (SSSR count). The predicted molar refractivity (Wildman–Crippen MR) is 69.3 cm³/mol. The first kappa shape index (κ1) is 14.9. The van der Waals surface area contributed by atoms with Crippen molar-refractivity contribution in [3.8, 4) is 0 Å². The number of pyridine rings is 1. The Kier molecular flexibility index (Phi) is 5.74. The molecule has 19 heavy (non-hydrogen) atoms. The normalized spacial score (nSPS) is 10.0. The van der Waals surface area contributed by atoms with Crippen LogP contribution in [0.25, 0.3) is 0 Å². The van der Waals surface area contributed by atoms with Gasteiger partial charge in [-0.2, -0.15) is 0 Å². The van der Waals surface area contributed by atoms with E-state index in [1.807, 2.05) is 0 Å². The highest BCUT2D eigenvalue weighted by atomic mass is 16.5. The number of anilines is 1. The molecule has 0 radical (unpaired) electrons. The van der Waals surface area contributed by atoms with Gasteiger partial charge in [-0.1, -0.05) is 0 Å². The summed E-state index contributed by atoms with van der Waals surface area (Å²) in [5.41, 5.74) is 0.706. The number of ether oxygens (including phenoxy) is 1. The fourth-order valence-electron chi connectivity index (χ4n) is 1.41. The van der Waals surface area contributed by atoms with Gasteiger partial charge in [-0.15, -0.1) is 0 Å². The summed E-state index contributed by atoms with van der Waals surface area (Å²) in [7, 11) is 1.55. The van der Waals surface area contributed by atoms with Crippen LogP contribution < -0.4 is 10.6 Å². The number of methoxy groups -OCH3 is 1. The van der Waals surface area contributed by atoms with Crippen LogP contribution in [0.2, 0.25) is 0 Å². The zero-order valence-corrected chi connectivity index (χ0v) is 10.9. The van der Waals surface area contributed by atoms with Crippen LogP contribution in [0, 0.1) is 6.92 Å². The number of rotatable bonds is 7. The van der Waals surface area contributed by atoms with Gasteiger partial charge >= 0.3 is 5.97 Å². The summed E-state index contributed by atoms with van der Waals surface area (Å²) < 4.78 is 4.80. The zero-order chi connectivity index (χ0) is 14.3. The highest BCUT2D eigenvalue weighted by molar-refractivity contribution is 5.89. The summed E-state index contributed by atoms with van der Waals surface area (Å²) in [5.74, 6) is -0.880. The number of carbonyl (C=O) groups is 2. The van der Waals surface area contributed by atoms with Gasteiger partial charge in [0.1, 0.15) is 5.82 Å². The van der Waals surface area contributed by atoms with Crippen LogP contribution >= 0.6 is 0 Å². The van der Waals surface area contributed by atoms with Crippen LogP contribution in [0.4, 0.5) is 5.82 Å². The first-order valence-electron chi connectivity index (χ1n) is 5.74. The SMILES string of the molecule is COCCNC(=O)CNc1cc(C(=O)O)cc(C)n1. The predicted octanol–water partition coefficient (Wildman–Crippen LogP) is 0.263. The van der Waals surface area contributed by atoms with Gasteiger partial charge in [0.05, 0.1) is 18.7 Å². The Balaban J connectivity index is 2.53. The summed E-state index contributed by atoms with van der Waals surface area (Å²) in [6.07, 6.45) is 0. The number of hydrogen-bond acceptors (Lipinski definition) is 5. The van der Waals surface area contributed by atoms with E-state index in [1.54, 1.807) is 14.0 Å². The summed E-state index contributed by atoms with van der Waals surface area (Å²) in [6, 6.07) is 2.85. The Hall–Kier alpha value is -2.15. The molecule has 3 N–H and O–H groups in total. The van der Waals surface area contributed by atoms with Crippen molar-refractivity contribution in [2.75, 3.05) is 32.1 Å². The van der Waals surface area contributed by atoms with Crippen molar-refractivity contribution in [1.82, 2.24) is 10.3 Å². The van der Waals surface area contributed by atoms with Gasteiger partial charge in [-0.3, -0.25) is 4.79 Å². The van der Waals surface area contributed by atoms with Crippen molar-refractivity contribution in [1.29, 1.82) is 0 Å². The summed E-state index contributed by atoms with van der Waals surface area (Å²) in [5, 5.41) is 14.3. The molecule has 0 aromatic carbocycles. The second kappa shape index (κ2) is 7.32. The second-order valence-electron chi connectivity index (χ2n) is 3.88. The van der Waals surface area contributed by atoms with E-state index < -0.39 is 5.97 Å². The van der Waals surface area contributed by atoms with Crippen LogP contribution in [0.1, 0.15) is 16.1 Å². The van der Waals surface area contributed by atoms with Crippen molar-refractivity contribution in [3.63, 3.8) is 0 Å². The minimum atomic E-state index is -1.03. The quantitative estimate of drug-likeness (QED) is 0.613. The molecule has 0 atom stereocenters. The lowest BCUT2D eigenvalue weighted by Crippen LogP contribution is -2.32. The van der Waals surface area contributed by atoms with Crippen LogP contribution in [0.5, 0.6) is 0 Å². The molecule has 1 aromatic heterocycles. The van der Waals surface area contributed by atoms with Gasteiger partial charge in [0.15, 0.2) is 0 Å². The van der Waals surface area contributed by atoms with E-state index in [9.17, 15) is 9.59 Å². The molecule has 0 spiro atoms. The lowest BCUT2D eigenvalue weighted by Gasteiger charge is -2.08. The fraction of sp³-hybridized carbons (Fsp3) is 0.417. The summed E-state index contributed by atoms with van der Waals surface area (Å²) >= 11 is 0. The minimum Gasteiger partial charge on any atom is -0.478 e. The lowest BCUT2D eigenvalue weighted by molar-refractivity contribution is -0.119. The lowest BCUT2D eigenvalue weighted by atomic mass is 10.2. The van der Waals surface area contributed by atoms with Gasteiger partial charge in [0.25, 0.3) is 0 Å². The molecule has 0 aliphatic heterocycles. The number of carbonyl (C=O) groups excluding carboxylic acids is 1. The molecule has 0 bridgehead atoms. The molecule has 0 unspecified atom stereocenters. The van der Waals surface area contributed by atoms with E-state index in [1.165, 1.54) is 12.1 Å². The third-order valence-electron chi connectivity index (χ3n) is 2.26. The molecule has 0 aliphatic carbocycles. The number of aryl methyl sites for hydroxylation is 1. The number of carboxylic acids is 1. The average Bonchev–Trinajstić information content (AvgIpc) is 2.36. The van der Waals surface area contributed by atoms with Crippen molar-refractivity contribution in [2.24, 2.45) is 0 Å². The Morgan fingerprint density at radius 1 is 1.42 bits per heavy atom. The van der Waals surface area contributed by atoms with E-state index in [0.717, 1.165) is 0 Å². The van der Waals surface area contributed by atoms with Gasteiger partial charge in [-0.25, -0.2) is 9.78 Å². The van der Waals surface area contributed by atoms with Crippen molar-refractivity contribution in [2.45, 2.75) is 6.92 Å². The monoisotopic (exact) mass is 267 g/mol. The summed E-state index contributed by atoms with van der Waals surface area (Å²) in [4.78, 5) is 26.4. The Bertz CT molecular complexity index is 462. The molecule has 104 valence electrons. The largest absolute Gasteiger partial charge is 0.478 e. The number of aromatic nitrogens is 1.